The van der Waals surface area contributed by atoms with Crippen molar-refractivity contribution in [2.45, 2.75) is 0 Å². The SMILES string of the molecule is c1ccc(-c2cccc(N(c3ccc(-c4ccc(-n5c6ccccc6c6c7ccccc7ccc65)cc4)cc3)c3cccc4c3c3ccccc3n4-c3ccccc3)c2)cc1. The maximum Gasteiger partial charge on any atom is 0.0562 e. The lowest BCUT2D eigenvalue weighted by atomic mass is 10.0. The Morgan fingerprint density at radius 1 is 0.279 bits per heavy atom. The van der Waals surface area contributed by atoms with Crippen LogP contribution >= 0.6 is 0 Å². The minimum Gasteiger partial charge on any atom is -0.310 e. The van der Waals surface area contributed by atoms with Crippen LogP contribution in [0, 0.1) is 0 Å². The molecule has 10 aromatic carbocycles. The molecular weight excluding hydrogens is 739 g/mol. The summed E-state index contributed by atoms with van der Waals surface area (Å²) in [7, 11) is 0. The van der Waals surface area contributed by atoms with Gasteiger partial charge in [-0.3, -0.25) is 0 Å². The number of hydrogen-bond donors (Lipinski definition) is 0. The van der Waals surface area contributed by atoms with E-state index in [0.717, 1.165) is 28.4 Å². The fraction of sp³-hybridized carbons (Fsp3) is 0. The van der Waals surface area contributed by atoms with Crippen LogP contribution in [0.1, 0.15) is 0 Å². The lowest BCUT2D eigenvalue weighted by Crippen LogP contribution is -2.10. The van der Waals surface area contributed by atoms with Crippen molar-refractivity contribution in [3.8, 4) is 33.6 Å². The second-order valence-electron chi connectivity index (χ2n) is 15.7. The molecule has 0 aliphatic rings. The summed E-state index contributed by atoms with van der Waals surface area (Å²) < 4.78 is 4.79. The van der Waals surface area contributed by atoms with Crippen LogP contribution in [0.5, 0.6) is 0 Å². The summed E-state index contributed by atoms with van der Waals surface area (Å²) in [6.45, 7) is 0. The molecule has 61 heavy (non-hydrogen) atoms. The van der Waals surface area contributed by atoms with E-state index in [1.165, 1.54) is 76.6 Å². The number of aromatic nitrogens is 2. The van der Waals surface area contributed by atoms with Crippen molar-refractivity contribution in [3.05, 3.63) is 237 Å². The summed E-state index contributed by atoms with van der Waals surface area (Å²) in [5, 5.41) is 7.54. The van der Waals surface area contributed by atoms with Crippen molar-refractivity contribution in [2.75, 3.05) is 4.90 Å². The third kappa shape index (κ3) is 5.74. The molecule has 286 valence electrons. The van der Waals surface area contributed by atoms with E-state index >= 15 is 0 Å². The molecule has 0 fully saturated rings. The van der Waals surface area contributed by atoms with E-state index in [1.54, 1.807) is 0 Å². The monoisotopic (exact) mass is 777 g/mol. The minimum atomic E-state index is 1.09. The molecule has 0 N–H and O–H groups in total. The first kappa shape index (κ1) is 34.9. The second kappa shape index (κ2) is 14.3. The normalized spacial score (nSPS) is 11.6. The Balaban J connectivity index is 0.983. The summed E-state index contributed by atoms with van der Waals surface area (Å²) in [5.74, 6) is 0. The molecule has 3 heteroatoms. The van der Waals surface area contributed by atoms with Crippen LogP contribution in [0.3, 0.4) is 0 Å². The number of anilines is 3. The molecule has 2 heterocycles. The van der Waals surface area contributed by atoms with Crippen LogP contribution in [0.4, 0.5) is 17.1 Å². The van der Waals surface area contributed by atoms with E-state index in [9.17, 15) is 0 Å². The van der Waals surface area contributed by atoms with E-state index in [1.807, 2.05) is 0 Å². The van der Waals surface area contributed by atoms with Gasteiger partial charge in [-0.05, 0) is 112 Å². The Bertz CT molecular complexity index is 3560. The molecule has 0 amide bonds. The minimum absolute atomic E-state index is 1.09. The first-order chi connectivity index (χ1) is 30.3. The fourth-order valence-electron chi connectivity index (χ4n) is 9.55. The maximum atomic E-state index is 2.43. The Morgan fingerprint density at radius 3 is 1.51 bits per heavy atom. The summed E-state index contributed by atoms with van der Waals surface area (Å²) in [6, 6.07) is 85.8. The number of rotatable bonds is 7. The van der Waals surface area contributed by atoms with Gasteiger partial charge in [0, 0.05) is 44.3 Å². The van der Waals surface area contributed by atoms with Gasteiger partial charge in [0.1, 0.15) is 0 Å². The van der Waals surface area contributed by atoms with Gasteiger partial charge in [-0.1, -0.05) is 158 Å². The van der Waals surface area contributed by atoms with Crippen molar-refractivity contribution in [1.29, 1.82) is 0 Å². The van der Waals surface area contributed by atoms with Crippen molar-refractivity contribution < 1.29 is 0 Å². The predicted octanol–water partition coefficient (Wildman–Crippen LogP) is 15.8. The van der Waals surface area contributed by atoms with Crippen molar-refractivity contribution in [1.82, 2.24) is 9.13 Å². The molecule has 0 atom stereocenters. The highest BCUT2D eigenvalue weighted by Gasteiger charge is 2.22. The lowest BCUT2D eigenvalue weighted by molar-refractivity contribution is 1.18. The zero-order valence-electron chi connectivity index (χ0n) is 33.4. The number of fused-ring (bicyclic) bond motifs is 8. The van der Waals surface area contributed by atoms with Gasteiger partial charge in [-0.25, -0.2) is 0 Å². The highest BCUT2D eigenvalue weighted by molar-refractivity contribution is 6.21. The largest absolute Gasteiger partial charge is 0.310 e. The number of para-hydroxylation sites is 3. The Morgan fingerprint density at radius 2 is 0.787 bits per heavy atom. The first-order valence-corrected chi connectivity index (χ1v) is 20.9. The predicted molar refractivity (Wildman–Crippen MR) is 258 cm³/mol. The zero-order chi connectivity index (χ0) is 40.3. The van der Waals surface area contributed by atoms with Crippen LogP contribution in [0.15, 0.2) is 237 Å². The van der Waals surface area contributed by atoms with E-state index in [-0.39, 0.29) is 0 Å². The van der Waals surface area contributed by atoms with Gasteiger partial charge in [0.25, 0.3) is 0 Å². The van der Waals surface area contributed by atoms with Gasteiger partial charge >= 0.3 is 0 Å². The molecule has 0 aliphatic carbocycles. The summed E-state index contributed by atoms with van der Waals surface area (Å²) in [5.41, 5.74) is 15.1. The third-order valence-corrected chi connectivity index (χ3v) is 12.3. The van der Waals surface area contributed by atoms with Gasteiger partial charge in [0.05, 0.1) is 27.8 Å². The van der Waals surface area contributed by atoms with E-state index in [0.29, 0.717) is 0 Å². The maximum absolute atomic E-state index is 2.43. The average molecular weight is 778 g/mol. The van der Waals surface area contributed by atoms with Crippen LogP contribution in [-0.4, -0.2) is 9.13 Å². The van der Waals surface area contributed by atoms with Gasteiger partial charge in [0.2, 0.25) is 0 Å². The summed E-state index contributed by atoms with van der Waals surface area (Å²) >= 11 is 0. The molecule has 0 saturated heterocycles. The van der Waals surface area contributed by atoms with Gasteiger partial charge in [-0.15, -0.1) is 0 Å². The number of hydrogen-bond acceptors (Lipinski definition) is 1. The molecule has 0 saturated carbocycles. The molecular formula is C58H39N3. The van der Waals surface area contributed by atoms with Crippen molar-refractivity contribution >= 4 is 71.4 Å². The molecule has 0 aliphatic heterocycles. The Kier molecular flexibility index (Phi) is 8.17. The molecule has 3 nitrogen and oxygen atoms in total. The van der Waals surface area contributed by atoms with Gasteiger partial charge in [-0.2, -0.15) is 0 Å². The standard InChI is InChI=1S/C58H39N3/c1-3-15-40(16-4-1)44-18-13-21-48(39-44)59(54-27-14-28-55-58(54)51-24-10-12-26-53(51)60(55)45-19-5-2-6-20-45)46-34-29-41(30-35-46)42-31-36-47(37-32-42)61-52-25-11-9-23-50(52)57-49-22-8-7-17-43(49)33-38-56(57)61/h1-39H. The van der Waals surface area contributed by atoms with Crippen LogP contribution in [0.25, 0.3) is 88.0 Å². The quantitative estimate of drug-likeness (QED) is 0.157. The highest BCUT2D eigenvalue weighted by Crippen LogP contribution is 2.45. The van der Waals surface area contributed by atoms with Gasteiger partial charge in [0.15, 0.2) is 0 Å². The zero-order valence-corrected chi connectivity index (χ0v) is 33.4. The Hall–Kier alpha value is -8.14. The number of nitrogens with zero attached hydrogens (tertiary/aromatic N) is 3. The molecule has 12 aromatic rings. The molecule has 0 spiro atoms. The van der Waals surface area contributed by atoms with Gasteiger partial charge < -0.3 is 14.0 Å². The summed E-state index contributed by atoms with van der Waals surface area (Å²) in [4.78, 5) is 2.43. The number of benzene rings is 10. The average Bonchev–Trinajstić information content (AvgIpc) is 3.86. The topological polar surface area (TPSA) is 13.1 Å². The molecule has 0 bridgehead atoms. The third-order valence-electron chi connectivity index (χ3n) is 12.3. The van der Waals surface area contributed by atoms with E-state index in [2.05, 4.69) is 251 Å². The second-order valence-corrected chi connectivity index (χ2v) is 15.7. The van der Waals surface area contributed by atoms with Crippen LogP contribution in [0.2, 0.25) is 0 Å². The lowest BCUT2D eigenvalue weighted by Gasteiger charge is -2.27. The summed E-state index contributed by atoms with van der Waals surface area (Å²) in [6.07, 6.45) is 0. The molecule has 2 aromatic heterocycles. The molecule has 0 unspecified atom stereocenters. The Labute approximate surface area is 354 Å². The smallest absolute Gasteiger partial charge is 0.0562 e. The van der Waals surface area contributed by atoms with E-state index in [4.69, 9.17) is 0 Å². The fourth-order valence-corrected chi connectivity index (χ4v) is 9.55. The van der Waals surface area contributed by atoms with Crippen LogP contribution in [-0.2, 0) is 0 Å². The van der Waals surface area contributed by atoms with Crippen molar-refractivity contribution in [3.63, 3.8) is 0 Å². The first-order valence-electron chi connectivity index (χ1n) is 20.9. The van der Waals surface area contributed by atoms with Crippen molar-refractivity contribution in [2.24, 2.45) is 0 Å². The highest BCUT2D eigenvalue weighted by atomic mass is 15.1. The van der Waals surface area contributed by atoms with Crippen LogP contribution < -0.4 is 4.90 Å². The van der Waals surface area contributed by atoms with E-state index < -0.39 is 0 Å². The molecule has 0 radical (unpaired) electrons. The molecule has 12 rings (SSSR count).